The van der Waals surface area contributed by atoms with Crippen LogP contribution in [0.1, 0.15) is 136 Å². The van der Waals surface area contributed by atoms with E-state index in [0.29, 0.717) is 22.6 Å². The van der Waals surface area contributed by atoms with Crippen molar-refractivity contribution in [3.05, 3.63) is 309 Å². The molecule has 0 aliphatic heterocycles. The van der Waals surface area contributed by atoms with Crippen molar-refractivity contribution in [1.82, 2.24) is 0 Å². The van der Waals surface area contributed by atoms with Gasteiger partial charge >= 0.3 is 0 Å². The van der Waals surface area contributed by atoms with Crippen LogP contribution in [0.3, 0.4) is 0 Å². The maximum atomic E-state index is 11.9. The van der Waals surface area contributed by atoms with Gasteiger partial charge in [0.1, 0.15) is 34.5 Å². The molecule has 0 amide bonds. The Morgan fingerprint density at radius 3 is 0.807 bits per heavy atom. The fourth-order valence-electron chi connectivity index (χ4n) is 11.1. The fraction of sp³-hybridized carbons (Fsp3) is 0.195. The first-order chi connectivity index (χ1) is 39.7. The number of aliphatic imine (C=N–C) groups is 2. The summed E-state index contributed by atoms with van der Waals surface area (Å²) in [5.41, 5.74) is 11.7. The van der Waals surface area contributed by atoms with Gasteiger partial charge in [0.25, 0.3) is 0 Å². The van der Waals surface area contributed by atoms with Gasteiger partial charge in [-0.3, -0.25) is 9.98 Å². The minimum Gasteiger partial charge on any atom is -0.507 e. The van der Waals surface area contributed by atoms with Crippen molar-refractivity contribution in [2.75, 3.05) is 0 Å². The average molecular weight is 1090 g/mol. The highest BCUT2D eigenvalue weighted by atomic mass is 16.5. The lowest BCUT2D eigenvalue weighted by molar-refractivity contribution is 0.450. The van der Waals surface area contributed by atoms with Crippen molar-refractivity contribution in [2.24, 2.45) is 9.98 Å². The van der Waals surface area contributed by atoms with Gasteiger partial charge in [-0.25, -0.2) is 0 Å². The molecule has 0 saturated heterocycles. The Kier molecular flexibility index (Phi) is 16.0. The molecule has 6 nitrogen and oxygen atoms in total. The molecule has 0 spiro atoms. The molecular weight excluding hydrogens is 1020 g/mol. The smallest absolute Gasteiger partial charge is 0.128 e. The third kappa shape index (κ3) is 12.2. The summed E-state index contributed by atoms with van der Waals surface area (Å²) in [6.07, 6.45) is 3.53. The molecule has 0 unspecified atom stereocenters. The zero-order valence-corrected chi connectivity index (χ0v) is 49.4. The van der Waals surface area contributed by atoms with Crippen LogP contribution in [0.2, 0.25) is 0 Å². The van der Waals surface area contributed by atoms with Crippen molar-refractivity contribution < 1.29 is 19.7 Å². The topological polar surface area (TPSA) is 83.6 Å². The molecule has 0 saturated carbocycles. The maximum Gasteiger partial charge on any atom is 0.128 e. The van der Waals surface area contributed by atoms with Gasteiger partial charge < -0.3 is 19.7 Å². The molecule has 0 radical (unpaired) electrons. The summed E-state index contributed by atoms with van der Waals surface area (Å²) >= 11 is 0. The molecule has 0 atom stereocenters. The number of ether oxygens (including phenoxy) is 2. The van der Waals surface area contributed by atoms with Gasteiger partial charge in [0.2, 0.25) is 0 Å². The lowest BCUT2D eigenvalue weighted by atomic mass is 9.72. The van der Waals surface area contributed by atoms with Crippen molar-refractivity contribution in [3.8, 4) is 34.5 Å². The zero-order chi connectivity index (χ0) is 58.6. The highest BCUT2D eigenvalue weighted by Gasteiger charge is 2.34. The molecule has 2 N–H and O–H groups in total. The number of hydrogen-bond acceptors (Lipinski definition) is 6. The largest absolute Gasteiger partial charge is 0.507 e. The lowest BCUT2D eigenvalue weighted by Gasteiger charge is -2.32. The molecule has 10 aromatic carbocycles. The van der Waals surface area contributed by atoms with Crippen molar-refractivity contribution in [3.63, 3.8) is 0 Å². The molecule has 10 aromatic rings. The first-order valence-electron chi connectivity index (χ1n) is 28.5. The summed E-state index contributed by atoms with van der Waals surface area (Å²) < 4.78 is 12.7. The van der Waals surface area contributed by atoms with Gasteiger partial charge in [-0.15, -0.1) is 0 Å². The summed E-state index contributed by atoms with van der Waals surface area (Å²) in [7, 11) is 0. The molecule has 83 heavy (non-hydrogen) atoms. The fourth-order valence-corrected chi connectivity index (χ4v) is 11.1. The third-order valence-electron chi connectivity index (χ3n) is 17.1. The van der Waals surface area contributed by atoms with Gasteiger partial charge in [0.15, 0.2) is 0 Å². The number of rotatable bonds is 18. The van der Waals surface area contributed by atoms with Gasteiger partial charge in [0, 0.05) is 61.8 Å². The van der Waals surface area contributed by atoms with Crippen molar-refractivity contribution in [2.45, 2.75) is 96.3 Å². The summed E-state index contributed by atoms with van der Waals surface area (Å²) in [6.45, 7) is 22.0. The van der Waals surface area contributed by atoms with E-state index in [1.807, 2.05) is 121 Å². The van der Waals surface area contributed by atoms with E-state index in [1.54, 1.807) is 12.4 Å². The van der Waals surface area contributed by atoms with Gasteiger partial charge in [-0.2, -0.15) is 0 Å². The van der Waals surface area contributed by atoms with Crippen molar-refractivity contribution >= 4 is 23.8 Å². The highest BCUT2D eigenvalue weighted by molar-refractivity contribution is 5.88. The van der Waals surface area contributed by atoms with Crippen LogP contribution in [0.4, 0.5) is 11.4 Å². The van der Waals surface area contributed by atoms with Crippen LogP contribution in [-0.2, 0) is 27.1 Å². The number of aromatic hydroxyl groups is 2. The first kappa shape index (κ1) is 57.0. The predicted octanol–water partition coefficient (Wildman–Crippen LogP) is 19.8. The Morgan fingerprint density at radius 2 is 0.518 bits per heavy atom. The van der Waals surface area contributed by atoms with E-state index in [-0.39, 0.29) is 27.7 Å². The number of phenols is 2. The van der Waals surface area contributed by atoms with Crippen LogP contribution in [0, 0.1) is 0 Å². The number of benzene rings is 10. The van der Waals surface area contributed by atoms with Crippen LogP contribution in [-0.4, -0.2) is 22.6 Å². The summed E-state index contributed by atoms with van der Waals surface area (Å²) in [5.74, 6) is 3.28. The molecule has 0 aliphatic carbocycles. The van der Waals surface area contributed by atoms with E-state index in [1.165, 1.54) is 11.1 Å². The van der Waals surface area contributed by atoms with Crippen LogP contribution in [0.15, 0.2) is 253 Å². The first-order valence-corrected chi connectivity index (χ1v) is 28.5. The third-order valence-corrected chi connectivity index (χ3v) is 17.1. The second-order valence-electron chi connectivity index (χ2n) is 24.3. The van der Waals surface area contributed by atoms with Crippen LogP contribution >= 0.6 is 0 Å². The van der Waals surface area contributed by atoms with E-state index < -0.39 is 10.8 Å². The van der Waals surface area contributed by atoms with Crippen LogP contribution in [0.5, 0.6) is 34.5 Å². The molecular formula is C77H74N2O4. The van der Waals surface area contributed by atoms with Crippen LogP contribution in [0.25, 0.3) is 0 Å². The normalized spacial score (nSPS) is 12.5. The molecule has 0 aromatic heterocycles. The Bertz CT molecular complexity index is 3630. The summed E-state index contributed by atoms with van der Waals surface area (Å²) in [5, 5.41) is 23.9. The quantitative estimate of drug-likeness (QED) is 0.0839. The molecule has 10 rings (SSSR count). The van der Waals surface area contributed by atoms with Gasteiger partial charge in [-0.1, -0.05) is 227 Å². The minimum absolute atomic E-state index is 0.220. The zero-order valence-electron chi connectivity index (χ0n) is 49.4. The molecule has 0 fully saturated rings. The van der Waals surface area contributed by atoms with E-state index >= 15 is 0 Å². The highest BCUT2D eigenvalue weighted by Crippen LogP contribution is 2.45. The van der Waals surface area contributed by atoms with E-state index in [9.17, 15) is 10.2 Å². The Balaban J connectivity index is 0.790. The Hall–Kier alpha value is -9.26. The predicted molar refractivity (Wildman–Crippen MR) is 343 cm³/mol. The number of phenolic OH excluding ortho intramolecular Hbond substituents is 2. The van der Waals surface area contributed by atoms with Crippen LogP contribution < -0.4 is 9.47 Å². The maximum absolute atomic E-state index is 11.9. The van der Waals surface area contributed by atoms with E-state index in [4.69, 9.17) is 19.5 Å². The van der Waals surface area contributed by atoms with E-state index in [2.05, 4.69) is 191 Å². The Labute approximate surface area is 491 Å². The summed E-state index contributed by atoms with van der Waals surface area (Å²) in [4.78, 5) is 9.72. The van der Waals surface area contributed by atoms with Gasteiger partial charge in [-0.05, 0) is 129 Å². The monoisotopic (exact) mass is 1090 g/mol. The lowest BCUT2D eigenvalue weighted by Crippen LogP contribution is -2.24. The molecule has 416 valence electrons. The second kappa shape index (κ2) is 23.3. The molecule has 0 heterocycles. The molecule has 6 heteroatoms. The van der Waals surface area contributed by atoms with Gasteiger partial charge in [0.05, 0.1) is 11.4 Å². The number of nitrogens with zero attached hydrogens (tertiary/aromatic N) is 2. The second-order valence-corrected chi connectivity index (χ2v) is 24.3. The minimum atomic E-state index is -0.473. The average Bonchev–Trinajstić information content (AvgIpc) is 3.65. The standard InChI is InChI=1S/C77H74N2O4/c1-73(2,59-31-39-65(40-32-59)82-67-43-35-63(36-44-67)78-51-53-47-61(74(3,4)55-23-15-11-16-24-55)49-69(71(53)80)76(7,8)57-27-19-13-20-28-57)60-33-41-66(42-34-60)83-68-45-37-64(38-46-68)79-52-54-48-62(75(5,6)56-25-17-12-18-26-56)50-70(72(54)81)77(9,10)58-29-21-14-22-30-58/h11-52,80-81H,1-10H3. The molecule has 0 bridgehead atoms. The summed E-state index contributed by atoms with van der Waals surface area (Å²) in [6, 6.07) is 81.9. The SMILES string of the molecule is CC(C)(c1ccc(Oc2ccc(N=Cc3cc(C(C)(C)c4ccccc4)cc(C(C)(C)c4ccccc4)c3O)cc2)cc1)c1ccc(Oc2ccc(N=Cc3cc(C(C)(C)c4ccccc4)cc(C(C)(C)c4ccccc4)c3O)cc2)cc1. The molecule has 0 aliphatic rings. The van der Waals surface area contributed by atoms with Crippen molar-refractivity contribution in [1.29, 1.82) is 0 Å². The number of hydrogen-bond donors (Lipinski definition) is 2. The Morgan fingerprint density at radius 1 is 0.277 bits per heavy atom. The van der Waals surface area contributed by atoms with E-state index in [0.717, 1.165) is 67.4 Å².